The van der Waals surface area contributed by atoms with Crippen molar-refractivity contribution < 1.29 is 9.28 Å². The third kappa shape index (κ3) is 6.23. The number of benzene rings is 2. The first-order valence-corrected chi connectivity index (χ1v) is 11.6. The highest BCUT2D eigenvalue weighted by atomic mass is 79.9. The third-order valence-corrected chi connectivity index (χ3v) is 6.81. The van der Waals surface area contributed by atoms with Gasteiger partial charge in [0.25, 0.3) is 0 Å². The van der Waals surface area contributed by atoms with Gasteiger partial charge >= 0.3 is 0 Å². The Balaban J connectivity index is 1.55. The molecule has 28 heavy (non-hydrogen) atoms. The molecule has 1 aliphatic heterocycles. The molecule has 1 saturated heterocycles. The maximum absolute atomic E-state index is 12.2. The van der Waals surface area contributed by atoms with Crippen molar-refractivity contribution in [1.29, 1.82) is 0 Å². The number of rotatable bonds is 6. The van der Waals surface area contributed by atoms with Gasteiger partial charge in [-0.1, -0.05) is 40.2 Å². The quantitative estimate of drug-likeness (QED) is 0.451. The van der Waals surface area contributed by atoms with Crippen molar-refractivity contribution in [2.45, 2.75) is 25.4 Å². The summed E-state index contributed by atoms with van der Waals surface area (Å²) >= 11 is 5.51. The molecule has 1 N–H and O–H groups in total. The van der Waals surface area contributed by atoms with Crippen LogP contribution in [0.4, 0.5) is 5.69 Å². The molecule has 3 rings (SSSR count). The van der Waals surface area contributed by atoms with Gasteiger partial charge in [0.15, 0.2) is 0 Å². The smallest absolute Gasteiger partial charge is 0.248 e. The topological polar surface area (TPSA) is 29.1 Å². The summed E-state index contributed by atoms with van der Waals surface area (Å²) < 4.78 is 2.03. The van der Waals surface area contributed by atoms with E-state index in [0.29, 0.717) is 0 Å². The summed E-state index contributed by atoms with van der Waals surface area (Å²) in [7, 11) is 4.67. The Morgan fingerprint density at radius 2 is 1.89 bits per heavy atom. The van der Waals surface area contributed by atoms with Gasteiger partial charge in [0.1, 0.15) is 6.54 Å². The van der Waals surface area contributed by atoms with Gasteiger partial charge in [-0.2, -0.15) is 11.8 Å². The van der Waals surface area contributed by atoms with Crippen LogP contribution in [0.5, 0.6) is 0 Å². The average molecular weight is 460 g/mol. The van der Waals surface area contributed by atoms with Crippen LogP contribution in [0.15, 0.2) is 59.1 Å². The van der Waals surface area contributed by atoms with E-state index in [-0.39, 0.29) is 5.91 Å². The number of nitrogens with zero attached hydrogens (tertiary/aromatic N) is 1. The van der Waals surface area contributed by atoms with Crippen molar-refractivity contribution >= 4 is 45.4 Å². The van der Waals surface area contributed by atoms with Gasteiger partial charge in [-0.05, 0) is 47.4 Å². The molecule has 0 aliphatic carbocycles. The number of hydrogen-bond donors (Lipinski definition) is 1. The van der Waals surface area contributed by atoms with Crippen LogP contribution < -0.4 is 5.32 Å². The van der Waals surface area contributed by atoms with Crippen LogP contribution in [-0.4, -0.2) is 42.0 Å². The standard InChI is InChI=1S/C23H27BrN2OS/c1-26(2,22-12-14-28-15-13-22)17-19-6-9-21(10-7-19)25-23(27)11-8-18-4-3-5-20(24)16-18/h3-11,16,22H,12-15,17H2,1-2H3/p+1/b11-8+. The lowest BCUT2D eigenvalue weighted by Gasteiger charge is -2.40. The SMILES string of the molecule is C[N+](C)(Cc1ccc(NC(=O)/C=C/c2cccc(Br)c2)cc1)C1CCSCC1. The Hall–Kier alpha value is -1.56. The minimum absolute atomic E-state index is 0.122. The maximum atomic E-state index is 12.2. The molecule has 3 nitrogen and oxygen atoms in total. The summed E-state index contributed by atoms with van der Waals surface area (Å²) in [6.45, 7) is 1.02. The van der Waals surface area contributed by atoms with E-state index >= 15 is 0 Å². The largest absolute Gasteiger partial charge is 0.323 e. The number of nitrogens with one attached hydrogen (secondary N) is 1. The van der Waals surface area contributed by atoms with Crippen LogP contribution in [0.2, 0.25) is 0 Å². The van der Waals surface area contributed by atoms with E-state index in [1.165, 1.54) is 29.9 Å². The van der Waals surface area contributed by atoms with E-state index in [9.17, 15) is 4.79 Å². The molecule has 2 aromatic carbocycles. The van der Waals surface area contributed by atoms with Crippen molar-refractivity contribution in [1.82, 2.24) is 0 Å². The number of thioether (sulfide) groups is 1. The molecule has 1 amide bonds. The molecule has 0 radical (unpaired) electrons. The van der Waals surface area contributed by atoms with Crippen LogP contribution in [0, 0.1) is 0 Å². The highest BCUT2D eigenvalue weighted by Crippen LogP contribution is 2.27. The fourth-order valence-corrected chi connectivity index (χ4v) is 5.14. The Morgan fingerprint density at radius 1 is 1.18 bits per heavy atom. The zero-order valence-corrected chi connectivity index (χ0v) is 18.9. The van der Waals surface area contributed by atoms with Crippen LogP contribution in [-0.2, 0) is 11.3 Å². The molecule has 0 spiro atoms. The summed E-state index contributed by atoms with van der Waals surface area (Å²) in [4.78, 5) is 12.2. The van der Waals surface area contributed by atoms with Gasteiger partial charge in [-0.25, -0.2) is 0 Å². The fraction of sp³-hybridized carbons (Fsp3) is 0.348. The number of carbonyl (C=O) groups excluding carboxylic acids is 1. The molecule has 0 aromatic heterocycles. The second-order valence-electron chi connectivity index (χ2n) is 7.85. The van der Waals surface area contributed by atoms with Crippen molar-refractivity contribution in [2.24, 2.45) is 0 Å². The second kappa shape index (κ2) is 9.77. The molecular formula is C23H28BrN2OS+. The van der Waals surface area contributed by atoms with Gasteiger partial charge < -0.3 is 9.80 Å². The molecule has 0 unspecified atom stereocenters. The molecule has 0 bridgehead atoms. The van der Waals surface area contributed by atoms with Crippen molar-refractivity contribution in [3.8, 4) is 0 Å². The van der Waals surface area contributed by atoms with Gasteiger partial charge in [0.2, 0.25) is 5.91 Å². The summed E-state index contributed by atoms with van der Waals surface area (Å²) in [5.41, 5.74) is 3.12. The van der Waals surface area contributed by atoms with Gasteiger partial charge in [-0.3, -0.25) is 4.79 Å². The van der Waals surface area contributed by atoms with Crippen LogP contribution in [0.25, 0.3) is 6.08 Å². The number of carbonyl (C=O) groups is 1. The van der Waals surface area contributed by atoms with Gasteiger partial charge in [0.05, 0.1) is 20.1 Å². The molecule has 2 aromatic rings. The predicted octanol–water partition coefficient (Wildman–Crippen LogP) is 5.57. The first kappa shape index (κ1) is 21.2. The molecule has 148 valence electrons. The monoisotopic (exact) mass is 459 g/mol. The first-order valence-electron chi connectivity index (χ1n) is 9.66. The second-order valence-corrected chi connectivity index (χ2v) is 10.00. The van der Waals surface area contributed by atoms with Crippen LogP contribution >= 0.6 is 27.7 Å². The van der Waals surface area contributed by atoms with Crippen molar-refractivity contribution in [2.75, 3.05) is 30.9 Å². The molecule has 1 heterocycles. The van der Waals surface area contributed by atoms with Crippen molar-refractivity contribution in [3.63, 3.8) is 0 Å². The molecule has 1 fully saturated rings. The highest BCUT2D eigenvalue weighted by Gasteiger charge is 2.29. The van der Waals surface area contributed by atoms with E-state index in [0.717, 1.165) is 32.8 Å². The first-order chi connectivity index (χ1) is 13.4. The Bertz CT molecular complexity index is 827. The number of quaternary nitrogens is 1. The average Bonchev–Trinajstić information content (AvgIpc) is 2.68. The molecular weight excluding hydrogens is 432 g/mol. The number of amides is 1. The van der Waals surface area contributed by atoms with Gasteiger partial charge in [-0.15, -0.1) is 0 Å². The number of anilines is 1. The van der Waals surface area contributed by atoms with E-state index in [1.54, 1.807) is 6.08 Å². The van der Waals surface area contributed by atoms with Gasteiger partial charge in [0, 0.05) is 34.6 Å². The highest BCUT2D eigenvalue weighted by molar-refractivity contribution is 9.10. The van der Waals surface area contributed by atoms with Crippen LogP contribution in [0.3, 0.4) is 0 Å². The Kier molecular flexibility index (Phi) is 7.38. The Labute approximate surface area is 180 Å². The van der Waals surface area contributed by atoms with E-state index in [4.69, 9.17) is 0 Å². The van der Waals surface area contributed by atoms with E-state index in [2.05, 4.69) is 59.2 Å². The predicted molar refractivity (Wildman–Crippen MR) is 124 cm³/mol. The number of halogens is 1. The number of hydrogen-bond acceptors (Lipinski definition) is 2. The third-order valence-electron chi connectivity index (χ3n) is 5.27. The summed E-state index contributed by atoms with van der Waals surface area (Å²) in [6.07, 6.45) is 5.99. The summed E-state index contributed by atoms with van der Waals surface area (Å²) in [5.74, 6) is 2.44. The summed E-state index contributed by atoms with van der Waals surface area (Å²) in [5, 5.41) is 2.93. The Morgan fingerprint density at radius 3 is 2.57 bits per heavy atom. The lowest BCUT2D eigenvalue weighted by molar-refractivity contribution is -0.928. The van der Waals surface area contributed by atoms with E-state index in [1.807, 2.05) is 42.5 Å². The zero-order chi connectivity index (χ0) is 20.0. The molecule has 1 aliphatic rings. The minimum Gasteiger partial charge on any atom is -0.323 e. The zero-order valence-electron chi connectivity index (χ0n) is 16.5. The van der Waals surface area contributed by atoms with Crippen molar-refractivity contribution in [3.05, 3.63) is 70.2 Å². The molecule has 5 heteroatoms. The van der Waals surface area contributed by atoms with E-state index < -0.39 is 0 Å². The normalized spacial score (nSPS) is 15.7. The maximum Gasteiger partial charge on any atom is 0.248 e. The fourth-order valence-electron chi connectivity index (χ4n) is 3.64. The lowest BCUT2D eigenvalue weighted by Crippen LogP contribution is -2.49. The van der Waals surface area contributed by atoms with Crippen LogP contribution in [0.1, 0.15) is 24.0 Å². The summed E-state index contributed by atoms with van der Waals surface area (Å²) in [6, 6.07) is 16.9. The molecule has 0 saturated carbocycles. The lowest BCUT2D eigenvalue weighted by atomic mass is 10.1. The minimum atomic E-state index is -0.122. The molecule has 0 atom stereocenters.